The van der Waals surface area contributed by atoms with Gasteiger partial charge in [-0.1, -0.05) is 6.07 Å². The summed E-state index contributed by atoms with van der Waals surface area (Å²) in [5.74, 6) is -2.24. The van der Waals surface area contributed by atoms with E-state index in [0.29, 0.717) is 0 Å². The van der Waals surface area contributed by atoms with Crippen LogP contribution >= 0.6 is 11.6 Å². The second kappa shape index (κ2) is 6.33. The molecule has 0 fully saturated rings. The standard InChI is InChI=1S/C13H13ClO5/c1-3-19-13(18)8-4-5-9(11(14)7(2)15)10(6-8)12(16)17/h4-6,11H,3H2,1-2H3,(H,16,17). The summed E-state index contributed by atoms with van der Waals surface area (Å²) in [6, 6.07) is 3.90. The second-order valence-electron chi connectivity index (χ2n) is 3.80. The minimum Gasteiger partial charge on any atom is -0.478 e. The molecule has 0 bridgehead atoms. The van der Waals surface area contributed by atoms with E-state index in [0.717, 1.165) is 6.07 Å². The zero-order chi connectivity index (χ0) is 14.6. The van der Waals surface area contributed by atoms with Gasteiger partial charge in [0, 0.05) is 0 Å². The van der Waals surface area contributed by atoms with Gasteiger partial charge in [0.15, 0.2) is 5.78 Å². The molecule has 1 rings (SSSR count). The Morgan fingerprint density at radius 3 is 2.47 bits per heavy atom. The summed E-state index contributed by atoms with van der Waals surface area (Å²) in [4.78, 5) is 33.9. The number of hydrogen-bond donors (Lipinski definition) is 1. The molecule has 0 saturated heterocycles. The normalized spacial score (nSPS) is 11.7. The lowest BCUT2D eigenvalue weighted by Crippen LogP contribution is -2.12. The van der Waals surface area contributed by atoms with Gasteiger partial charge in [-0.2, -0.15) is 0 Å². The maximum absolute atomic E-state index is 11.5. The molecule has 0 aromatic heterocycles. The highest BCUT2D eigenvalue weighted by molar-refractivity contribution is 6.31. The van der Waals surface area contributed by atoms with E-state index >= 15 is 0 Å². The molecule has 6 heteroatoms. The molecule has 0 aliphatic rings. The van der Waals surface area contributed by atoms with Gasteiger partial charge in [0.1, 0.15) is 5.38 Å². The maximum Gasteiger partial charge on any atom is 0.338 e. The Morgan fingerprint density at radius 2 is 2.00 bits per heavy atom. The van der Waals surface area contributed by atoms with Crippen molar-refractivity contribution in [1.82, 2.24) is 0 Å². The van der Waals surface area contributed by atoms with Crippen molar-refractivity contribution >= 4 is 29.3 Å². The van der Waals surface area contributed by atoms with Gasteiger partial charge in [-0.3, -0.25) is 4.79 Å². The first-order chi connectivity index (χ1) is 8.88. The topological polar surface area (TPSA) is 80.7 Å². The van der Waals surface area contributed by atoms with Crippen molar-refractivity contribution in [3.05, 3.63) is 34.9 Å². The largest absolute Gasteiger partial charge is 0.478 e. The van der Waals surface area contributed by atoms with Crippen molar-refractivity contribution in [2.75, 3.05) is 6.61 Å². The molecule has 1 N–H and O–H groups in total. The summed E-state index contributed by atoms with van der Waals surface area (Å²) in [7, 11) is 0. The molecule has 0 amide bonds. The molecule has 1 unspecified atom stereocenters. The number of carboxylic acids is 1. The minimum absolute atomic E-state index is 0.107. The van der Waals surface area contributed by atoms with E-state index < -0.39 is 17.3 Å². The van der Waals surface area contributed by atoms with Crippen LogP contribution in [0.3, 0.4) is 0 Å². The number of ether oxygens (including phenoxy) is 1. The fourth-order valence-corrected chi connectivity index (χ4v) is 1.71. The zero-order valence-electron chi connectivity index (χ0n) is 10.5. The van der Waals surface area contributed by atoms with Crippen molar-refractivity contribution in [2.45, 2.75) is 19.2 Å². The summed E-state index contributed by atoms with van der Waals surface area (Å²) in [5, 5.41) is 8.06. The van der Waals surface area contributed by atoms with Gasteiger partial charge in [-0.05, 0) is 31.5 Å². The first kappa shape index (κ1) is 15.2. The Morgan fingerprint density at radius 1 is 1.37 bits per heavy atom. The van der Waals surface area contributed by atoms with Crippen molar-refractivity contribution in [3.63, 3.8) is 0 Å². The maximum atomic E-state index is 11.5. The number of esters is 1. The third-order valence-electron chi connectivity index (χ3n) is 2.42. The highest BCUT2D eigenvalue weighted by Gasteiger charge is 2.22. The van der Waals surface area contributed by atoms with Crippen molar-refractivity contribution < 1.29 is 24.2 Å². The first-order valence-corrected chi connectivity index (χ1v) is 6.01. The fraction of sp³-hybridized carbons (Fsp3) is 0.308. The second-order valence-corrected chi connectivity index (χ2v) is 4.24. The van der Waals surface area contributed by atoms with Crippen molar-refractivity contribution in [2.24, 2.45) is 0 Å². The van der Waals surface area contributed by atoms with Crippen molar-refractivity contribution in [1.29, 1.82) is 0 Å². The van der Waals surface area contributed by atoms with E-state index in [4.69, 9.17) is 21.4 Å². The molecule has 0 aliphatic carbocycles. The SMILES string of the molecule is CCOC(=O)c1ccc(C(Cl)C(C)=O)c(C(=O)O)c1. The number of halogens is 1. The molecule has 1 aromatic carbocycles. The molecule has 102 valence electrons. The zero-order valence-corrected chi connectivity index (χ0v) is 11.2. The highest BCUT2D eigenvalue weighted by atomic mass is 35.5. The Balaban J connectivity index is 3.26. The number of rotatable bonds is 5. The number of alkyl halides is 1. The molecular formula is C13H13ClO5. The van der Waals surface area contributed by atoms with Crippen LogP contribution in [0, 0.1) is 0 Å². The molecule has 1 atom stereocenters. The van der Waals surface area contributed by atoms with Gasteiger partial charge in [0.25, 0.3) is 0 Å². The van der Waals surface area contributed by atoms with E-state index in [1.54, 1.807) is 6.92 Å². The van der Waals surface area contributed by atoms with Crippen LogP contribution in [-0.4, -0.2) is 29.4 Å². The monoisotopic (exact) mass is 284 g/mol. The number of aromatic carboxylic acids is 1. The van der Waals surface area contributed by atoms with Crippen LogP contribution in [-0.2, 0) is 9.53 Å². The van der Waals surface area contributed by atoms with E-state index in [-0.39, 0.29) is 29.1 Å². The summed E-state index contributed by atoms with van der Waals surface area (Å²) >= 11 is 5.85. The molecular weight excluding hydrogens is 272 g/mol. The van der Waals surface area contributed by atoms with E-state index in [9.17, 15) is 14.4 Å². The highest BCUT2D eigenvalue weighted by Crippen LogP contribution is 2.26. The Bertz CT molecular complexity index is 524. The quantitative estimate of drug-likeness (QED) is 0.663. The van der Waals surface area contributed by atoms with Gasteiger partial charge < -0.3 is 9.84 Å². The van der Waals surface area contributed by atoms with E-state index in [1.807, 2.05) is 0 Å². The summed E-state index contributed by atoms with van der Waals surface area (Å²) < 4.78 is 4.78. The summed E-state index contributed by atoms with van der Waals surface area (Å²) in [5.41, 5.74) is 0.0888. The number of Topliss-reactive ketones (excluding diaryl/α,β-unsaturated/α-hetero) is 1. The molecule has 5 nitrogen and oxygen atoms in total. The van der Waals surface area contributed by atoms with Gasteiger partial charge >= 0.3 is 11.9 Å². The van der Waals surface area contributed by atoms with E-state index in [2.05, 4.69) is 0 Å². The van der Waals surface area contributed by atoms with Gasteiger partial charge in [0.05, 0.1) is 17.7 Å². The molecule has 1 aromatic rings. The average Bonchev–Trinajstić information content (AvgIpc) is 2.37. The average molecular weight is 285 g/mol. The van der Waals surface area contributed by atoms with Crippen LogP contribution in [0.1, 0.15) is 45.5 Å². The van der Waals surface area contributed by atoms with Gasteiger partial charge in [0.2, 0.25) is 0 Å². The van der Waals surface area contributed by atoms with Gasteiger partial charge in [-0.25, -0.2) is 9.59 Å². The lowest BCUT2D eigenvalue weighted by atomic mass is 9.99. The predicted octanol–water partition coefficient (Wildman–Crippen LogP) is 2.43. The third-order valence-corrected chi connectivity index (χ3v) is 2.97. The first-order valence-electron chi connectivity index (χ1n) is 5.57. The number of carbonyl (C=O) groups is 3. The van der Waals surface area contributed by atoms with Gasteiger partial charge in [-0.15, -0.1) is 11.6 Å². The molecule has 0 radical (unpaired) electrons. The minimum atomic E-state index is -1.26. The molecule has 0 spiro atoms. The molecule has 0 heterocycles. The van der Waals surface area contributed by atoms with Crippen LogP contribution in [0.4, 0.5) is 0 Å². The fourth-order valence-electron chi connectivity index (χ4n) is 1.52. The predicted molar refractivity (Wildman–Crippen MR) is 68.6 cm³/mol. The summed E-state index contributed by atoms with van der Waals surface area (Å²) in [6.07, 6.45) is 0. The van der Waals surface area contributed by atoms with Crippen molar-refractivity contribution in [3.8, 4) is 0 Å². The Hall–Kier alpha value is -1.88. The Kier molecular flexibility index (Phi) is 5.06. The number of carbonyl (C=O) groups excluding carboxylic acids is 2. The molecule has 0 saturated carbocycles. The number of ketones is 1. The molecule has 19 heavy (non-hydrogen) atoms. The summed E-state index contributed by atoms with van der Waals surface area (Å²) in [6.45, 7) is 3.10. The van der Waals surface area contributed by atoms with Crippen LogP contribution in [0.5, 0.6) is 0 Å². The van der Waals surface area contributed by atoms with Crippen LogP contribution < -0.4 is 0 Å². The van der Waals surface area contributed by atoms with E-state index in [1.165, 1.54) is 19.1 Å². The third kappa shape index (κ3) is 3.54. The number of carboxylic acid groups (broad SMARTS) is 1. The van der Waals surface area contributed by atoms with Crippen LogP contribution in [0.25, 0.3) is 0 Å². The smallest absolute Gasteiger partial charge is 0.338 e. The van der Waals surface area contributed by atoms with Crippen LogP contribution in [0.15, 0.2) is 18.2 Å². The Labute approximate surface area is 115 Å². The number of hydrogen-bond acceptors (Lipinski definition) is 4. The lowest BCUT2D eigenvalue weighted by molar-refractivity contribution is -0.116. The lowest BCUT2D eigenvalue weighted by Gasteiger charge is -2.11. The van der Waals surface area contributed by atoms with Crippen LogP contribution in [0.2, 0.25) is 0 Å². The number of benzene rings is 1. The molecule has 0 aliphatic heterocycles.